The van der Waals surface area contributed by atoms with E-state index in [1.165, 1.54) is 23.5 Å². The van der Waals surface area contributed by atoms with Gasteiger partial charge >= 0.3 is 0 Å². The minimum Gasteiger partial charge on any atom is -0.352 e. The van der Waals surface area contributed by atoms with Crippen LogP contribution >= 0.6 is 11.3 Å². The van der Waals surface area contributed by atoms with E-state index in [1.807, 2.05) is 13.8 Å². The van der Waals surface area contributed by atoms with Crippen molar-refractivity contribution in [1.29, 1.82) is 0 Å². The molecule has 0 saturated carbocycles. The second-order valence-electron chi connectivity index (χ2n) is 5.81. The van der Waals surface area contributed by atoms with E-state index in [2.05, 4.69) is 20.6 Å². The third kappa shape index (κ3) is 3.76. The molecule has 3 rings (SSSR count). The molecule has 6 nitrogen and oxygen atoms in total. The Morgan fingerprint density at radius 2 is 2.04 bits per heavy atom. The highest BCUT2D eigenvalue weighted by atomic mass is 32.1. The first-order chi connectivity index (χ1) is 11.5. The van der Waals surface area contributed by atoms with Gasteiger partial charge < -0.3 is 5.32 Å². The maximum absolute atomic E-state index is 12.8. The molecule has 0 aliphatic carbocycles. The summed E-state index contributed by atoms with van der Waals surface area (Å²) >= 11 is 1.45. The molecule has 0 spiro atoms. The highest BCUT2D eigenvalue weighted by Crippen LogP contribution is 2.19. The number of hydrogen-bond donors (Lipinski definition) is 1. The summed E-state index contributed by atoms with van der Waals surface area (Å²) in [6, 6.07) is 6.08. The van der Waals surface area contributed by atoms with Crippen molar-refractivity contribution in [1.82, 2.24) is 25.1 Å². The van der Waals surface area contributed by atoms with Gasteiger partial charge in [-0.3, -0.25) is 4.79 Å². The van der Waals surface area contributed by atoms with Crippen LogP contribution < -0.4 is 5.32 Å². The Labute approximate surface area is 142 Å². The first-order valence-corrected chi connectivity index (χ1v) is 8.56. The van der Waals surface area contributed by atoms with Gasteiger partial charge in [-0.05, 0) is 17.7 Å². The van der Waals surface area contributed by atoms with Crippen LogP contribution in [0.3, 0.4) is 0 Å². The number of aryl methyl sites for hydroxylation is 1. The molecule has 1 aromatic carbocycles. The molecule has 3 aromatic rings. The van der Waals surface area contributed by atoms with Gasteiger partial charge in [0.15, 0.2) is 5.82 Å². The summed E-state index contributed by atoms with van der Waals surface area (Å²) in [6.07, 6.45) is 0.906. The molecule has 0 unspecified atom stereocenters. The maximum Gasteiger partial charge on any atom is 0.234 e. The second kappa shape index (κ2) is 7.04. The average molecular weight is 347 g/mol. The molecule has 0 aliphatic heterocycles. The van der Waals surface area contributed by atoms with E-state index < -0.39 is 0 Å². The third-order valence-electron chi connectivity index (χ3n) is 3.54. The van der Waals surface area contributed by atoms with Gasteiger partial charge in [0.25, 0.3) is 0 Å². The zero-order valence-corrected chi connectivity index (χ0v) is 14.3. The van der Waals surface area contributed by atoms with Crippen LogP contribution in [0.4, 0.5) is 4.39 Å². The fraction of sp³-hybridized carbons (Fsp3) is 0.375. The highest BCUT2D eigenvalue weighted by Gasteiger charge is 2.14. The number of benzene rings is 1. The van der Waals surface area contributed by atoms with Crippen LogP contribution in [0.1, 0.15) is 42.6 Å². The Hall–Kier alpha value is -2.35. The minimum absolute atomic E-state index is 0.0608. The molecular weight excluding hydrogens is 329 g/mol. The first-order valence-electron chi connectivity index (χ1n) is 7.75. The molecular formula is C16H18FN5OS. The van der Waals surface area contributed by atoms with E-state index in [1.54, 1.807) is 16.6 Å². The van der Waals surface area contributed by atoms with Crippen LogP contribution in [0.5, 0.6) is 0 Å². The van der Waals surface area contributed by atoms with E-state index in [0.717, 1.165) is 21.4 Å². The normalized spacial score (nSPS) is 11.3. The van der Waals surface area contributed by atoms with E-state index in [4.69, 9.17) is 0 Å². The smallest absolute Gasteiger partial charge is 0.234 e. The van der Waals surface area contributed by atoms with E-state index in [9.17, 15) is 9.18 Å². The van der Waals surface area contributed by atoms with Gasteiger partial charge in [0.1, 0.15) is 10.8 Å². The quantitative estimate of drug-likeness (QED) is 0.744. The highest BCUT2D eigenvalue weighted by molar-refractivity contribution is 7.16. The second-order valence-corrected chi connectivity index (χ2v) is 6.85. The monoisotopic (exact) mass is 347 g/mol. The van der Waals surface area contributed by atoms with Crippen LogP contribution in [0.25, 0.3) is 4.96 Å². The van der Waals surface area contributed by atoms with Crippen LogP contribution in [0.15, 0.2) is 24.3 Å². The predicted molar refractivity (Wildman–Crippen MR) is 89.3 cm³/mol. The van der Waals surface area contributed by atoms with Crippen LogP contribution in [0, 0.1) is 5.82 Å². The van der Waals surface area contributed by atoms with Crippen molar-refractivity contribution >= 4 is 22.2 Å². The predicted octanol–water partition coefficient (Wildman–Crippen LogP) is 2.70. The molecule has 0 aliphatic rings. The van der Waals surface area contributed by atoms with Gasteiger partial charge in [-0.25, -0.2) is 4.39 Å². The van der Waals surface area contributed by atoms with E-state index >= 15 is 0 Å². The molecule has 0 radical (unpaired) electrons. The Balaban J connectivity index is 1.53. The number of aromatic nitrogens is 4. The topological polar surface area (TPSA) is 72.2 Å². The lowest BCUT2D eigenvalue weighted by atomic mass is 10.2. The van der Waals surface area contributed by atoms with E-state index in [0.29, 0.717) is 19.4 Å². The van der Waals surface area contributed by atoms with Gasteiger partial charge in [-0.15, -0.1) is 10.2 Å². The molecule has 126 valence electrons. The molecule has 0 bridgehead atoms. The fourth-order valence-corrected chi connectivity index (χ4v) is 3.08. The van der Waals surface area contributed by atoms with Crippen molar-refractivity contribution in [3.8, 4) is 0 Å². The van der Waals surface area contributed by atoms with Gasteiger partial charge in [-0.1, -0.05) is 37.3 Å². The number of nitrogens with one attached hydrogen (secondary N) is 1. The number of nitrogens with zero attached hydrogens (tertiary/aromatic N) is 4. The molecule has 0 atom stereocenters. The lowest BCUT2D eigenvalue weighted by molar-refractivity contribution is -0.121. The summed E-state index contributed by atoms with van der Waals surface area (Å²) in [6.45, 7) is 4.47. The Morgan fingerprint density at radius 3 is 2.75 bits per heavy atom. The minimum atomic E-state index is -0.283. The lowest BCUT2D eigenvalue weighted by Gasteiger charge is -2.04. The van der Waals surface area contributed by atoms with Crippen molar-refractivity contribution < 1.29 is 9.18 Å². The number of halogens is 1. The largest absolute Gasteiger partial charge is 0.352 e. The molecule has 1 amide bonds. The summed E-state index contributed by atoms with van der Waals surface area (Å²) in [7, 11) is 0. The van der Waals surface area contributed by atoms with E-state index in [-0.39, 0.29) is 17.6 Å². The number of rotatable bonds is 6. The third-order valence-corrected chi connectivity index (χ3v) is 4.50. The van der Waals surface area contributed by atoms with Crippen molar-refractivity contribution in [3.63, 3.8) is 0 Å². The number of hydrogen-bond acceptors (Lipinski definition) is 5. The van der Waals surface area contributed by atoms with Crippen LogP contribution in [-0.2, 0) is 17.8 Å². The molecule has 8 heteroatoms. The molecule has 0 fully saturated rings. The Morgan fingerprint density at radius 1 is 1.29 bits per heavy atom. The van der Waals surface area contributed by atoms with Crippen molar-refractivity contribution in [2.24, 2.45) is 0 Å². The Kier molecular flexibility index (Phi) is 4.84. The van der Waals surface area contributed by atoms with Gasteiger partial charge in [0.2, 0.25) is 10.9 Å². The number of amides is 1. The van der Waals surface area contributed by atoms with Crippen molar-refractivity contribution in [2.75, 3.05) is 0 Å². The molecule has 24 heavy (non-hydrogen) atoms. The molecule has 1 N–H and O–H groups in total. The standard InChI is InChI=1S/C16H18FN5OS/c1-10(2)15-19-20-16-22(15)21-14(24-16)8-7-13(23)18-9-11-3-5-12(17)6-4-11/h3-6,10H,7-9H2,1-2H3,(H,18,23). The van der Waals surface area contributed by atoms with Crippen LogP contribution in [0.2, 0.25) is 0 Å². The van der Waals surface area contributed by atoms with Crippen LogP contribution in [-0.4, -0.2) is 25.7 Å². The summed E-state index contributed by atoms with van der Waals surface area (Å²) in [5, 5.41) is 16.4. The molecule has 2 aromatic heterocycles. The van der Waals surface area contributed by atoms with Crippen molar-refractivity contribution in [2.45, 2.75) is 39.2 Å². The Bertz CT molecular complexity index is 840. The lowest BCUT2D eigenvalue weighted by Crippen LogP contribution is -2.23. The van der Waals surface area contributed by atoms with Gasteiger partial charge in [0.05, 0.1) is 0 Å². The summed E-state index contributed by atoms with van der Waals surface area (Å²) in [4.78, 5) is 12.7. The SMILES string of the molecule is CC(C)c1nnc2sc(CCC(=O)NCc3ccc(F)cc3)nn12. The average Bonchev–Trinajstić information content (AvgIpc) is 3.12. The maximum atomic E-state index is 12.8. The summed E-state index contributed by atoms with van der Waals surface area (Å²) in [5.41, 5.74) is 0.866. The zero-order chi connectivity index (χ0) is 17.1. The number of carbonyl (C=O) groups is 1. The number of fused-ring (bicyclic) bond motifs is 1. The number of carbonyl (C=O) groups excluding carboxylic acids is 1. The molecule has 0 saturated heterocycles. The zero-order valence-electron chi connectivity index (χ0n) is 13.5. The first kappa shape index (κ1) is 16.5. The van der Waals surface area contributed by atoms with Gasteiger partial charge in [-0.2, -0.15) is 9.61 Å². The summed E-state index contributed by atoms with van der Waals surface area (Å²) < 4.78 is 14.6. The molecule has 2 heterocycles. The summed E-state index contributed by atoms with van der Waals surface area (Å²) in [5.74, 6) is 0.728. The van der Waals surface area contributed by atoms with Gasteiger partial charge in [0, 0.05) is 25.3 Å². The van der Waals surface area contributed by atoms with Crippen molar-refractivity contribution in [3.05, 3.63) is 46.5 Å². The fourth-order valence-electron chi connectivity index (χ4n) is 2.24.